The van der Waals surface area contributed by atoms with Crippen LogP contribution >= 0.6 is 11.8 Å². The molecule has 0 unspecified atom stereocenters. The Kier molecular flexibility index (Phi) is 7.31. The molecule has 0 atom stereocenters. The highest BCUT2D eigenvalue weighted by Gasteiger charge is 2.15. The number of carbonyl (C=O) groups is 1. The monoisotopic (exact) mass is 346 g/mol. The van der Waals surface area contributed by atoms with Crippen molar-refractivity contribution in [2.75, 3.05) is 12.3 Å². The summed E-state index contributed by atoms with van der Waals surface area (Å²) in [5.74, 6) is 1.29. The van der Waals surface area contributed by atoms with Crippen molar-refractivity contribution in [1.29, 1.82) is 0 Å². The summed E-state index contributed by atoms with van der Waals surface area (Å²) in [5, 5.41) is 12.4. The number of aryl methyl sites for hydroxylation is 1. The Morgan fingerprint density at radius 1 is 1.21 bits per heavy atom. The second-order valence-corrected chi connectivity index (χ2v) is 6.65. The van der Waals surface area contributed by atoms with Gasteiger partial charge in [0.05, 0.1) is 5.75 Å². The zero-order valence-corrected chi connectivity index (χ0v) is 15.5. The Morgan fingerprint density at radius 2 is 2.00 bits per heavy atom. The fourth-order valence-electron chi connectivity index (χ4n) is 2.49. The predicted octanol–water partition coefficient (Wildman–Crippen LogP) is 3.67. The molecule has 0 saturated heterocycles. The van der Waals surface area contributed by atoms with Gasteiger partial charge >= 0.3 is 0 Å². The normalized spacial score (nSPS) is 10.8. The maximum Gasteiger partial charge on any atom is 0.230 e. The zero-order chi connectivity index (χ0) is 17.4. The minimum atomic E-state index is 0.0548. The van der Waals surface area contributed by atoms with Crippen LogP contribution in [0.3, 0.4) is 0 Å². The maximum absolute atomic E-state index is 11.9. The number of hydrogen-bond acceptors (Lipinski definition) is 4. The highest BCUT2D eigenvalue weighted by atomic mass is 32.2. The molecule has 5 nitrogen and oxygen atoms in total. The van der Waals surface area contributed by atoms with E-state index in [1.165, 1.54) is 17.3 Å². The molecular formula is C18H26N4OS. The first-order chi connectivity index (χ1) is 11.7. The smallest absolute Gasteiger partial charge is 0.230 e. The Labute approximate surface area is 148 Å². The summed E-state index contributed by atoms with van der Waals surface area (Å²) < 4.78 is 2.07. The van der Waals surface area contributed by atoms with Crippen LogP contribution in [0.15, 0.2) is 29.4 Å². The molecule has 130 valence electrons. The first kappa shape index (κ1) is 18.5. The Morgan fingerprint density at radius 3 is 2.71 bits per heavy atom. The molecule has 0 spiro atoms. The highest BCUT2D eigenvalue weighted by molar-refractivity contribution is 7.99. The third-order valence-corrected chi connectivity index (χ3v) is 4.82. The molecule has 2 rings (SSSR count). The number of nitrogens with one attached hydrogen (secondary N) is 1. The minimum absolute atomic E-state index is 0.0548. The van der Waals surface area contributed by atoms with Gasteiger partial charge in [-0.25, -0.2) is 0 Å². The zero-order valence-electron chi connectivity index (χ0n) is 14.7. The van der Waals surface area contributed by atoms with Crippen molar-refractivity contribution in [2.45, 2.75) is 51.7 Å². The van der Waals surface area contributed by atoms with E-state index in [0.29, 0.717) is 5.75 Å². The number of unbranched alkanes of at least 4 members (excludes halogenated alkanes) is 2. The number of nitrogens with zero attached hydrogens (tertiary/aromatic N) is 3. The van der Waals surface area contributed by atoms with Gasteiger partial charge in [0.2, 0.25) is 5.91 Å². The van der Waals surface area contributed by atoms with Crippen molar-refractivity contribution >= 4 is 17.7 Å². The van der Waals surface area contributed by atoms with Gasteiger partial charge in [-0.15, -0.1) is 10.2 Å². The van der Waals surface area contributed by atoms with Crippen LogP contribution in [-0.2, 0) is 11.3 Å². The van der Waals surface area contributed by atoms with E-state index in [1.54, 1.807) is 0 Å². The number of benzene rings is 1. The predicted molar refractivity (Wildman–Crippen MR) is 99.1 cm³/mol. The first-order valence-electron chi connectivity index (χ1n) is 8.56. The fourth-order valence-corrected chi connectivity index (χ4v) is 3.32. The van der Waals surface area contributed by atoms with Crippen molar-refractivity contribution in [3.8, 4) is 11.4 Å². The quantitative estimate of drug-likeness (QED) is 0.556. The van der Waals surface area contributed by atoms with E-state index in [0.717, 1.165) is 48.9 Å². The van der Waals surface area contributed by atoms with E-state index in [2.05, 4.69) is 53.0 Å². The van der Waals surface area contributed by atoms with Crippen molar-refractivity contribution in [3.63, 3.8) is 0 Å². The van der Waals surface area contributed by atoms with Crippen LogP contribution in [0.5, 0.6) is 0 Å². The van der Waals surface area contributed by atoms with Gasteiger partial charge in [-0.1, -0.05) is 55.8 Å². The van der Waals surface area contributed by atoms with E-state index >= 15 is 0 Å². The van der Waals surface area contributed by atoms with Gasteiger partial charge in [-0.2, -0.15) is 0 Å². The molecule has 1 amide bonds. The summed E-state index contributed by atoms with van der Waals surface area (Å²) in [6.07, 6.45) is 3.35. The number of carbonyl (C=O) groups excluding carboxylic acids is 1. The van der Waals surface area contributed by atoms with Crippen molar-refractivity contribution in [3.05, 3.63) is 29.8 Å². The minimum Gasteiger partial charge on any atom is -0.355 e. The van der Waals surface area contributed by atoms with Gasteiger partial charge in [-0.3, -0.25) is 4.79 Å². The standard InChI is InChI=1S/C18H26N4OS/c1-4-6-9-12-19-16(23)13-24-18-21-20-17(22(18)5-2)15-11-8-7-10-14(15)3/h7-8,10-11H,4-6,9,12-13H2,1-3H3,(H,19,23). The molecule has 24 heavy (non-hydrogen) atoms. The lowest BCUT2D eigenvalue weighted by Gasteiger charge is -2.09. The second-order valence-electron chi connectivity index (χ2n) is 5.71. The van der Waals surface area contributed by atoms with Crippen LogP contribution in [0.2, 0.25) is 0 Å². The van der Waals surface area contributed by atoms with Crippen LogP contribution in [0, 0.1) is 6.92 Å². The average Bonchev–Trinajstić information content (AvgIpc) is 3.00. The lowest BCUT2D eigenvalue weighted by molar-refractivity contribution is -0.118. The van der Waals surface area contributed by atoms with Gasteiger partial charge in [0.15, 0.2) is 11.0 Å². The van der Waals surface area contributed by atoms with E-state index in [9.17, 15) is 4.79 Å². The summed E-state index contributed by atoms with van der Waals surface area (Å²) in [6.45, 7) is 7.82. The van der Waals surface area contributed by atoms with Crippen molar-refractivity contribution < 1.29 is 4.79 Å². The first-order valence-corrected chi connectivity index (χ1v) is 9.54. The Bertz CT molecular complexity index is 669. The summed E-state index contributed by atoms with van der Waals surface area (Å²) in [7, 11) is 0. The molecule has 0 saturated carbocycles. The number of amides is 1. The van der Waals surface area contributed by atoms with E-state index in [1.807, 2.05) is 12.1 Å². The van der Waals surface area contributed by atoms with Gasteiger partial charge in [-0.05, 0) is 25.8 Å². The number of rotatable bonds is 9. The molecule has 2 aromatic rings. The highest BCUT2D eigenvalue weighted by Crippen LogP contribution is 2.26. The molecule has 0 aliphatic carbocycles. The lowest BCUT2D eigenvalue weighted by atomic mass is 10.1. The lowest BCUT2D eigenvalue weighted by Crippen LogP contribution is -2.26. The molecule has 0 radical (unpaired) electrons. The van der Waals surface area contributed by atoms with Gasteiger partial charge in [0.25, 0.3) is 0 Å². The fraction of sp³-hybridized carbons (Fsp3) is 0.500. The second kappa shape index (κ2) is 9.47. The molecule has 0 bridgehead atoms. The van der Waals surface area contributed by atoms with E-state index in [4.69, 9.17) is 0 Å². The average molecular weight is 347 g/mol. The number of aromatic nitrogens is 3. The Balaban J connectivity index is 2.00. The maximum atomic E-state index is 11.9. The van der Waals surface area contributed by atoms with Crippen LogP contribution < -0.4 is 5.32 Å². The van der Waals surface area contributed by atoms with Gasteiger partial charge in [0.1, 0.15) is 0 Å². The van der Waals surface area contributed by atoms with Crippen LogP contribution in [0.4, 0.5) is 0 Å². The Hall–Kier alpha value is -1.82. The van der Waals surface area contributed by atoms with Crippen LogP contribution in [0.1, 0.15) is 38.7 Å². The molecular weight excluding hydrogens is 320 g/mol. The molecule has 0 aliphatic heterocycles. The van der Waals surface area contributed by atoms with Gasteiger partial charge < -0.3 is 9.88 Å². The SMILES string of the molecule is CCCCCNC(=O)CSc1nnc(-c2ccccc2C)n1CC. The van der Waals surface area contributed by atoms with Crippen molar-refractivity contribution in [2.24, 2.45) is 0 Å². The number of thioether (sulfide) groups is 1. The molecule has 1 aromatic heterocycles. The largest absolute Gasteiger partial charge is 0.355 e. The van der Waals surface area contributed by atoms with E-state index in [-0.39, 0.29) is 5.91 Å². The molecule has 6 heteroatoms. The summed E-state index contributed by atoms with van der Waals surface area (Å²) in [6, 6.07) is 8.15. The third kappa shape index (κ3) is 4.84. The van der Waals surface area contributed by atoms with Gasteiger partial charge in [0, 0.05) is 18.7 Å². The van der Waals surface area contributed by atoms with E-state index < -0.39 is 0 Å². The van der Waals surface area contributed by atoms with Crippen LogP contribution in [0.25, 0.3) is 11.4 Å². The summed E-state index contributed by atoms with van der Waals surface area (Å²) in [5.41, 5.74) is 2.26. The number of hydrogen-bond donors (Lipinski definition) is 1. The third-order valence-electron chi connectivity index (χ3n) is 3.85. The topological polar surface area (TPSA) is 59.8 Å². The molecule has 1 N–H and O–H groups in total. The van der Waals surface area contributed by atoms with Crippen LogP contribution in [-0.4, -0.2) is 33.0 Å². The molecule has 0 fully saturated rings. The molecule has 1 heterocycles. The molecule has 1 aromatic carbocycles. The van der Waals surface area contributed by atoms with Crippen molar-refractivity contribution in [1.82, 2.24) is 20.1 Å². The summed E-state index contributed by atoms with van der Waals surface area (Å²) in [4.78, 5) is 11.9. The summed E-state index contributed by atoms with van der Waals surface area (Å²) >= 11 is 1.44. The molecule has 0 aliphatic rings.